The Morgan fingerprint density at radius 3 is 2.48 bits per heavy atom. The van der Waals surface area contributed by atoms with Crippen molar-refractivity contribution in [2.45, 2.75) is 6.42 Å². The third kappa shape index (κ3) is 3.79. The van der Waals surface area contributed by atoms with Crippen molar-refractivity contribution >= 4 is 33.2 Å². The van der Waals surface area contributed by atoms with Crippen molar-refractivity contribution < 1.29 is 4.74 Å². The van der Waals surface area contributed by atoms with E-state index in [1.54, 1.807) is 0 Å². The molecule has 2 nitrogen and oxygen atoms in total. The Morgan fingerprint density at radius 2 is 1.68 bits per heavy atom. The Bertz CT molecular complexity index is 818. The number of ether oxygens (including phenoxy) is 1. The molecular formula is C22H22BrNO. The second-order valence-electron chi connectivity index (χ2n) is 6.54. The number of hydrogen-bond donors (Lipinski definition) is 0. The van der Waals surface area contributed by atoms with Crippen LogP contribution in [-0.2, 0) is 4.74 Å². The number of nitrogens with zero attached hydrogens (tertiary/aromatic N) is 1. The number of allylic oxidation sites excluding steroid dienone is 2. The largest absolute Gasteiger partial charge is 0.379 e. The molecule has 3 heteroatoms. The molecule has 0 spiro atoms. The van der Waals surface area contributed by atoms with E-state index in [1.807, 2.05) is 0 Å². The molecule has 1 saturated heterocycles. The van der Waals surface area contributed by atoms with Gasteiger partial charge < -0.3 is 4.74 Å². The average Bonchev–Trinajstić information content (AvgIpc) is 3.01. The lowest BCUT2D eigenvalue weighted by atomic mass is 10.0. The lowest BCUT2D eigenvalue weighted by molar-refractivity contribution is 0.0390. The van der Waals surface area contributed by atoms with Crippen LogP contribution in [-0.4, -0.2) is 37.7 Å². The van der Waals surface area contributed by atoms with Crippen molar-refractivity contribution in [1.82, 2.24) is 4.90 Å². The topological polar surface area (TPSA) is 12.5 Å². The first-order valence-electron chi connectivity index (χ1n) is 8.88. The summed E-state index contributed by atoms with van der Waals surface area (Å²) in [6, 6.07) is 17.1. The first-order chi connectivity index (χ1) is 12.3. The highest BCUT2D eigenvalue weighted by Gasteiger charge is 2.19. The van der Waals surface area contributed by atoms with Crippen LogP contribution in [0.4, 0.5) is 0 Å². The maximum Gasteiger partial charge on any atom is 0.0594 e. The van der Waals surface area contributed by atoms with Crippen molar-refractivity contribution in [3.8, 4) is 0 Å². The van der Waals surface area contributed by atoms with Crippen LogP contribution >= 0.6 is 15.9 Å². The molecular weight excluding hydrogens is 374 g/mol. The van der Waals surface area contributed by atoms with Gasteiger partial charge in [-0.3, -0.25) is 4.90 Å². The Hall–Kier alpha value is -1.68. The van der Waals surface area contributed by atoms with E-state index < -0.39 is 0 Å². The maximum atomic E-state index is 5.45. The van der Waals surface area contributed by atoms with Crippen molar-refractivity contribution in [1.29, 1.82) is 0 Å². The van der Waals surface area contributed by atoms with Gasteiger partial charge in [0.15, 0.2) is 0 Å². The lowest BCUT2D eigenvalue weighted by Crippen LogP contribution is -2.36. The third-order valence-corrected chi connectivity index (χ3v) is 5.65. The van der Waals surface area contributed by atoms with E-state index in [0.29, 0.717) is 0 Å². The minimum Gasteiger partial charge on any atom is -0.379 e. The number of morpholine rings is 1. The number of fused-ring (bicyclic) bond motifs is 1. The molecule has 0 aromatic heterocycles. The van der Waals surface area contributed by atoms with Crippen LogP contribution in [0.5, 0.6) is 0 Å². The van der Waals surface area contributed by atoms with Gasteiger partial charge in [-0.05, 0) is 46.4 Å². The summed E-state index contributed by atoms with van der Waals surface area (Å²) in [5.41, 5.74) is 6.70. The summed E-state index contributed by atoms with van der Waals surface area (Å²) in [6.07, 6.45) is 5.74. The fourth-order valence-corrected chi connectivity index (χ4v) is 3.95. The van der Waals surface area contributed by atoms with Crippen LogP contribution in [0.25, 0.3) is 17.2 Å². The normalized spacial score (nSPS) is 19.1. The molecule has 128 valence electrons. The van der Waals surface area contributed by atoms with Gasteiger partial charge in [0, 0.05) is 24.1 Å². The van der Waals surface area contributed by atoms with Gasteiger partial charge in [0.25, 0.3) is 0 Å². The van der Waals surface area contributed by atoms with E-state index in [2.05, 4.69) is 81.5 Å². The Labute approximate surface area is 157 Å². The van der Waals surface area contributed by atoms with Crippen LogP contribution in [0.15, 0.2) is 59.1 Å². The van der Waals surface area contributed by atoms with Crippen LogP contribution in [0.1, 0.15) is 23.1 Å². The molecule has 25 heavy (non-hydrogen) atoms. The molecule has 1 heterocycles. The van der Waals surface area contributed by atoms with Gasteiger partial charge in [0.1, 0.15) is 0 Å². The summed E-state index contributed by atoms with van der Waals surface area (Å²) in [5.74, 6) is 0. The van der Waals surface area contributed by atoms with Gasteiger partial charge in [-0.2, -0.15) is 0 Å². The van der Waals surface area contributed by atoms with Crippen molar-refractivity contribution in [2.75, 3.05) is 32.8 Å². The van der Waals surface area contributed by atoms with E-state index in [-0.39, 0.29) is 0 Å². The van der Waals surface area contributed by atoms with Gasteiger partial charge in [-0.25, -0.2) is 0 Å². The molecule has 2 aliphatic rings. The first kappa shape index (κ1) is 16.8. The highest BCUT2D eigenvalue weighted by Crippen LogP contribution is 2.38. The van der Waals surface area contributed by atoms with E-state index in [4.69, 9.17) is 4.74 Å². The third-order valence-electron chi connectivity index (χ3n) is 4.93. The average molecular weight is 396 g/mol. The van der Waals surface area contributed by atoms with Gasteiger partial charge in [-0.1, -0.05) is 64.5 Å². The first-order valence-corrected chi connectivity index (χ1v) is 9.67. The molecule has 0 saturated carbocycles. The zero-order chi connectivity index (χ0) is 17.1. The Balaban J connectivity index is 1.60. The Kier molecular flexibility index (Phi) is 5.16. The molecule has 2 aromatic rings. The predicted molar refractivity (Wildman–Crippen MR) is 108 cm³/mol. The molecule has 0 N–H and O–H groups in total. The smallest absolute Gasteiger partial charge is 0.0594 e. The fourth-order valence-electron chi connectivity index (χ4n) is 3.55. The zero-order valence-corrected chi connectivity index (χ0v) is 15.8. The highest BCUT2D eigenvalue weighted by atomic mass is 79.9. The molecule has 1 fully saturated rings. The zero-order valence-electron chi connectivity index (χ0n) is 14.2. The van der Waals surface area contributed by atoms with Gasteiger partial charge in [0.05, 0.1) is 13.2 Å². The van der Waals surface area contributed by atoms with Gasteiger partial charge in [0.2, 0.25) is 0 Å². The molecule has 2 aromatic carbocycles. The number of benzene rings is 2. The minimum atomic E-state index is 0.864. The van der Waals surface area contributed by atoms with Crippen molar-refractivity contribution in [2.24, 2.45) is 0 Å². The maximum absolute atomic E-state index is 5.45. The number of halogens is 1. The molecule has 0 atom stereocenters. The van der Waals surface area contributed by atoms with Crippen LogP contribution < -0.4 is 0 Å². The van der Waals surface area contributed by atoms with E-state index in [0.717, 1.165) is 43.7 Å². The fraction of sp³-hybridized carbons (Fsp3) is 0.273. The predicted octanol–water partition coefficient (Wildman–Crippen LogP) is 5.11. The van der Waals surface area contributed by atoms with E-state index in [9.17, 15) is 0 Å². The standard InChI is InChI=1S/C22H22BrNO/c23-22-8-4-1-5-18(22)16-19-15-17(20-6-2-3-7-21(19)20)9-10-24-11-13-25-14-12-24/h1-8,15-16H,9-14H2/b19-16+. The second-order valence-corrected chi connectivity index (χ2v) is 7.39. The lowest BCUT2D eigenvalue weighted by Gasteiger charge is -2.26. The summed E-state index contributed by atoms with van der Waals surface area (Å²) in [5, 5.41) is 0. The number of hydrogen-bond acceptors (Lipinski definition) is 2. The minimum absolute atomic E-state index is 0.864. The molecule has 0 radical (unpaired) electrons. The second kappa shape index (κ2) is 7.69. The SMILES string of the molecule is Brc1ccccc1/C=C1\C=C(CCN2CCOCC2)c2ccccc21. The molecule has 1 aliphatic carbocycles. The Morgan fingerprint density at radius 1 is 0.960 bits per heavy atom. The summed E-state index contributed by atoms with van der Waals surface area (Å²) < 4.78 is 6.59. The van der Waals surface area contributed by atoms with Crippen molar-refractivity contribution in [3.05, 3.63) is 75.8 Å². The van der Waals surface area contributed by atoms with Gasteiger partial charge >= 0.3 is 0 Å². The summed E-state index contributed by atoms with van der Waals surface area (Å²) >= 11 is 3.66. The molecule has 0 unspecified atom stereocenters. The highest BCUT2D eigenvalue weighted by molar-refractivity contribution is 9.10. The summed E-state index contributed by atoms with van der Waals surface area (Å²) in [4.78, 5) is 2.50. The van der Waals surface area contributed by atoms with E-state index >= 15 is 0 Å². The molecule has 0 amide bonds. The monoisotopic (exact) mass is 395 g/mol. The van der Waals surface area contributed by atoms with Gasteiger partial charge in [-0.15, -0.1) is 0 Å². The van der Waals surface area contributed by atoms with Crippen LogP contribution in [0.2, 0.25) is 0 Å². The quantitative estimate of drug-likeness (QED) is 0.712. The summed E-state index contributed by atoms with van der Waals surface area (Å²) in [6.45, 7) is 4.93. The van der Waals surface area contributed by atoms with Crippen LogP contribution in [0.3, 0.4) is 0 Å². The summed E-state index contributed by atoms with van der Waals surface area (Å²) in [7, 11) is 0. The van der Waals surface area contributed by atoms with E-state index in [1.165, 1.54) is 27.8 Å². The molecule has 0 bridgehead atoms. The molecule has 4 rings (SSSR count). The van der Waals surface area contributed by atoms with Crippen LogP contribution in [0, 0.1) is 0 Å². The van der Waals surface area contributed by atoms with Crippen molar-refractivity contribution in [3.63, 3.8) is 0 Å². The number of rotatable bonds is 4. The molecule has 1 aliphatic heterocycles.